The molecule has 0 radical (unpaired) electrons. The molecule has 0 amide bonds. The zero-order valence-electron chi connectivity index (χ0n) is 11.8. The van der Waals surface area contributed by atoms with Crippen LogP contribution >= 0.6 is 0 Å². The quantitative estimate of drug-likeness (QED) is 0.499. The van der Waals surface area contributed by atoms with E-state index in [1.54, 1.807) is 41.5 Å². The van der Waals surface area contributed by atoms with Crippen LogP contribution in [-0.2, 0) is 0 Å². The van der Waals surface area contributed by atoms with Crippen LogP contribution in [0.15, 0.2) is 11.5 Å². The van der Waals surface area contributed by atoms with Gasteiger partial charge in [-0.15, -0.1) is 5.92 Å². The molecule has 0 aromatic rings. The molecule has 92 valence electrons. The van der Waals surface area contributed by atoms with Crippen molar-refractivity contribution in [1.29, 1.82) is 0 Å². The summed E-state index contributed by atoms with van der Waals surface area (Å²) < 4.78 is 38.2. The van der Waals surface area contributed by atoms with Crippen LogP contribution in [0.25, 0.3) is 0 Å². The summed E-state index contributed by atoms with van der Waals surface area (Å²) in [6.45, 7) is 5.54. The average Bonchev–Trinajstić information content (AvgIpc) is 1.91. The maximum atomic E-state index is 12.7. The Balaban J connectivity index is 0. The van der Waals surface area contributed by atoms with Crippen molar-refractivity contribution in [2.75, 3.05) is 0 Å². The number of rotatable bonds is 1. The van der Waals surface area contributed by atoms with Crippen molar-refractivity contribution < 1.29 is 64.3 Å². The zero-order valence-corrected chi connectivity index (χ0v) is 14.9. The third kappa shape index (κ3) is 11.6. The fourth-order valence-electron chi connectivity index (χ4n) is 0.939. The molecule has 0 fully saturated rings. The standard InChI is InChI=1S/C12H19BF3.K/c1-11(2,3)8-7-10(13(14,15)16)9-12(4,5)6;/h9H,1-6H3;/q-1;+1/b10-9-;. The van der Waals surface area contributed by atoms with Gasteiger partial charge in [0.25, 0.3) is 0 Å². The monoisotopic (exact) mass is 270 g/mol. The normalized spacial score (nSPS) is 13.6. The van der Waals surface area contributed by atoms with Gasteiger partial charge in [-0.05, 0) is 26.2 Å². The van der Waals surface area contributed by atoms with Gasteiger partial charge in [0.15, 0.2) is 0 Å². The summed E-state index contributed by atoms with van der Waals surface area (Å²) in [5, 5.41) is 0. The minimum absolute atomic E-state index is 0. The maximum absolute atomic E-state index is 12.7. The van der Waals surface area contributed by atoms with Gasteiger partial charge in [0, 0.05) is 5.41 Å². The van der Waals surface area contributed by atoms with Crippen molar-refractivity contribution in [1.82, 2.24) is 0 Å². The summed E-state index contributed by atoms with van der Waals surface area (Å²) in [5.74, 6) is 4.90. The molecule has 5 heteroatoms. The molecular formula is C12H19BF3K. The van der Waals surface area contributed by atoms with Gasteiger partial charge < -0.3 is 12.9 Å². The van der Waals surface area contributed by atoms with Crippen LogP contribution in [0.4, 0.5) is 12.9 Å². The van der Waals surface area contributed by atoms with Gasteiger partial charge in [0.2, 0.25) is 0 Å². The Morgan fingerprint density at radius 2 is 1.41 bits per heavy atom. The first-order valence-electron chi connectivity index (χ1n) is 5.27. The third-order valence-corrected chi connectivity index (χ3v) is 1.52. The molecule has 0 rings (SSSR count). The van der Waals surface area contributed by atoms with E-state index < -0.39 is 23.3 Å². The second-order valence-electron chi connectivity index (χ2n) is 6.04. The Hall–Kier alpha value is 0.791. The number of hydrogen-bond acceptors (Lipinski definition) is 0. The van der Waals surface area contributed by atoms with Crippen LogP contribution in [0.5, 0.6) is 0 Å². The van der Waals surface area contributed by atoms with Gasteiger partial charge in [-0.1, -0.05) is 38.2 Å². The zero-order chi connectivity index (χ0) is 13.2. The molecule has 0 aliphatic carbocycles. The van der Waals surface area contributed by atoms with E-state index in [9.17, 15) is 12.9 Å². The van der Waals surface area contributed by atoms with E-state index in [1.807, 2.05) is 0 Å². The molecule has 0 saturated carbocycles. The first-order chi connectivity index (χ1) is 6.81. The summed E-state index contributed by atoms with van der Waals surface area (Å²) in [6.07, 6.45) is 1.20. The molecule has 0 heterocycles. The molecule has 0 aromatic heterocycles. The van der Waals surface area contributed by atoms with Crippen molar-refractivity contribution >= 4 is 6.98 Å². The average molecular weight is 270 g/mol. The van der Waals surface area contributed by atoms with E-state index in [-0.39, 0.29) is 51.4 Å². The summed E-state index contributed by atoms with van der Waals surface area (Å²) in [5.41, 5.74) is -1.63. The second-order valence-corrected chi connectivity index (χ2v) is 6.04. The Morgan fingerprint density at radius 1 is 1.00 bits per heavy atom. The largest absolute Gasteiger partial charge is 1.00 e. The topological polar surface area (TPSA) is 0 Å². The van der Waals surface area contributed by atoms with Crippen LogP contribution < -0.4 is 51.4 Å². The van der Waals surface area contributed by atoms with Crippen LogP contribution in [0.1, 0.15) is 41.5 Å². The summed E-state index contributed by atoms with van der Waals surface area (Å²) in [6, 6.07) is 0. The van der Waals surface area contributed by atoms with E-state index >= 15 is 0 Å². The summed E-state index contributed by atoms with van der Waals surface area (Å²) in [7, 11) is 0. The van der Waals surface area contributed by atoms with Crippen molar-refractivity contribution in [2.24, 2.45) is 10.8 Å². The first kappa shape index (κ1) is 20.1. The predicted molar refractivity (Wildman–Crippen MR) is 63.8 cm³/mol. The Morgan fingerprint density at radius 3 is 1.65 bits per heavy atom. The SMILES string of the molecule is CC(C)(C)C#C/C(=C/C(C)(C)C)[B-](F)(F)F.[K+]. The van der Waals surface area contributed by atoms with Gasteiger partial charge >= 0.3 is 58.4 Å². The van der Waals surface area contributed by atoms with E-state index in [4.69, 9.17) is 0 Å². The van der Waals surface area contributed by atoms with Crippen molar-refractivity contribution in [2.45, 2.75) is 41.5 Å². The molecule has 0 aliphatic rings. The van der Waals surface area contributed by atoms with E-state index in [0.29, 0.717) is 0 Å². The van der Waals surface area contributed by atoms with Gasteiger partial charge in [-0.25, -0.2) is 0 Å². The number of hydrogen-bond donors (Lipinski definition) is 0. The predicted octanol–water partition coefficient (Wildman–Crippen LogP) is 1.40. The second kappa shape index (κ2) is 6.81. The minimum Gasteiger partial charge on any atom is -0.444 e. The molecule has 0 unspecified atom stereocenters. The maximum Gasteiger partial charge on any atom is 1.00 e. The molecular weight excluding hydrogens is 251 g/mol. The molecule has 0 nitrogen and oxygen atoms in total. The van der Waals surface area contributed by atoms with E-state index in [1.165, 1.54) is 6.08 Å². The van der Waals surface area contributed by atoms with E-state index in [0.717, 1.165) is 0 Å². The van der Waals surface area contributed by atoms with Gasteiger partial charge in [-0.3, -0.25) is 0 Å². The van der Waals surface area contributed by atoms with Gasteiger partial charge in [-0.2, -0.15) is 0 Å². The molecule has 0 aliphatic heterocycles. The Kier molecular flexibility index (Phi) is 8.06. The van der Waals surface area contributed by atoms with Crippen molar-refractivity contribution in [3.8, 4) is 11.8 Å². The third-order valence-electron chi connectivity index (χ3n) is 1.52. The molecule has 0 bridgehead atoms. The fraction of sp³-hybridized carbons (Fsp3) is 0.667. The van der Waals surface area contributed by atoms with Crippen LogP contribution in [0.2, 0.25) is 0 Å². The molecule has 0 spiro atoms. The Bertz CT molecular complexity index is 332. The van der Waals surface area contributed by atoms with Crippen LogP contribution in [0.3, 0.4) is 0 Å². The first-order valence-corrected chi connectivity index (χ1v) is 5.27. The summed E-state index contributed by atoms with van der Waals surface area (Å²) in [4.78, 5) is 0. The Labute approximate surface area is 145 Å². The molecule has 17 heavy (non-hydrogen) atoms. The van der Waals surface area contributed by atoms with Gasteiger partial charge in [0.1, 0.15) is 0 Å². The summed E-state index contributed by atoms with van der Waals surface area (Å²) >= 11 is 0. The van der Waals surface area contributed by atoms with Gasteiger partial charge in [0.05, 0.1) is 0 Å². The number of allylic oxidation sites excluding steroid dienone is 2. The minimum atomic E-state index is -5.02. The van der Waals surface area contributed by atoms with Crippen LogP contribution in [0, 0.1) is 22.7 Å². The van der Waals surface area contributed by atoms with E-state index in [2.05, 4.69) is 11.8 Å². The van der Waals surface area contributed by atoms with Crippen LogP contribution in [-0.4, -0.2) is 6.98 Å². The molecule has 0 saturated heterocycles. The fourth-order valence-corrected chi connectivity index (χ4v) is 0.939. The van der Waals surface area contributed by atoms with Crippen molar-refractivity contribution in [3.63, 3.8) is 0 Å². The van der Waals surface area contributed by atoms with Crippen molar-refractivity contribution in [3.05, 3.63) is 11.5 Å². The molecule has 0 aromatic carbocycles. The number of halogens is 3. The smallest absolute Gasteiger partial charge is 0.444 e. The molecule has 0 atom stereocenters. The molecule has 0 N–H and O–H groups in total.